The average molecular weight is 249 g/mol. The van der Waals surface area contributed by atoms with Crippen molar-refractivity contribution >= 4 is 23.0 Å². The van der Waals surface area contributed by atoms with E-state index in [0.29, 0.717) is 23.4 Å². The number of rotatable bonds is 6. The van der Waals surface area contributed by atoms with Crippen molar-refractivity contribution in [1.29, 1.82) is 0 Å². The van der Waals surface area contributed by atoms with Gasteiger partial charge in [-0.1, -0.05) is 19.8 Å². The third-order valence-electron chi connectivity index (χ3n) is 2.68. The fourth-order valence-corrected chi connectivity index (χ4v) is 1.71. The minimum Gasteiger partial charge on any atom is -0.480 e. The van der Waals surface area contributed by atoms with E-state index in [1.165, 1.54) is 12.7 Å². The lowest BCUT2D eigenvalue weighted by Gasteiger charge is -2.14. The summed E-state index contributed by atoms with van der Waals surface area (Å²) in [6.45, 7) is 2.02. The zero-order valence-electron chi connectivity index (χ0n) is 10.1. The first-order valence-electron chi connectivity index (χ1n) is 5.85. The molecule has 0 bridgehead atoms. The van der Waals surface area contributed by atoms with E-state index in [0.717, 1.165) is 12.8 Å². The zero-order valence-corrected chi connectivity index (χ0v) is 10.1. The molecule has 2 aromatic heterocycles. The van der Waals surface area contributed by atoms with Crippen molar-refractivity contribution in [2.75, 3.05) is 5.32 Å². The summed E-state index contributed by atoms with van der Waals surface area (Å²) in [5.74, 6) is -0.407. The van der Waals surface area contributed by atoms with Crippen molar-refractivity contribution in [2.24, 2.45) is 0 Å². The molecule has 0 saturated carbocycles. The van der Waals surface area contributed by atoms with E-state index in [1.807, 2.05) is 6.92 Å². The second-order valence-corrected chi connectivity index (χ2v) is 4.00. The largest absolute Gasteiger partial charge is 0.480 e. The smallest absolute Gasteiger partial charge is 0.326 e. The monoisotopic (exact) mass is 249 g/mol. The second-order valence-electron chi connectivity index (χ2n) is 4.00. The molecule has 2 heterocycles. The topological polar surface area (TPSA) is 104 Å². The second kappa shape index (κ2) is 5.44. The van der Waals surface area contributed by atoms with Crippen molar-refractivity contribution in [2.45, 2.75) is 32.2 Å². The van der Waals surface area contributed by atoms with Gasteiger partial charge in [0.25, 0.3) is 0 Å². The zero-order chi connectivity index (χ0) is 13.0. The van der Waals surface area contributed by atoms with E-state index in [4.69, 9.17) is 5.11 Å². The normalized spacial score (nSPS) is 12.5. The molecule has 0 aliphatic rings. The molecule has 2 rings (SSSR count). The van der Waals surface area contributed by atoms with Gasteiger partial charge in [0, 0.05) is 0 Å². The summed E-state index contributed by atoms with van der Waals surface area (Å²) in [6, 6.07) is -0.647. The Kier molecular flexibility index (Phi) is 3.71. The fraction of sp³-hybridized carbons (Fsp3) is 0.455. The first kappa shape index (κ1) is 12.3. The number of nitrogens with one attached hydrogen (secondary N) is 2. The van der Waals surface area contributed by atoms with Crippen LogP contribution in [0.4, 0.5) is 5.82 Å². The van der Waals surface area contributed by atoms with E-state index in [-0.39, 0.29) is 0 Å². The third-order valence-corrected chi connectivity index (χ3v) is 2.68. The van der Waals surface area contributed by atoms with Crippen molar-refractivity contribution in [3.63, 3.8) is 0 Å². The standard InChI is InChI=1S/C11H15N5O2/c1-2-3-4-7(11(17)18)16-10-8-9(13-5-12-8)14-6-15-10/h5-7H,2-4H2,1H3,(H,17,18)(H2,12,13,14,15,16)/t7-/m1/s1. The molecule has 18 heavy (non-hydrogen) atoms. The molecule has 3 N–H and O–H groups in total. The highest BCUT2D eigenvalue weighted by Crippen LogP contribution is 2.17. The van der Waals surface area contributed by atoms with Gasteiger partial charge in [-0.2, -0.15) is 0 Å². The summed E-state index contributed by atoms with van der Waals surface area (Å²) in [6.07, 6.45) is 5.23. The number of hydrogen-bond donors (Lipinski definition) is 3. The number of carboxylic acids is 1. The highest BCUT2D eigenvalue weighted by atomic mass is 16.4. The molecule has 0 aliphatic heterocycles. The van der Waals surface area contributed by atoms with E-state index in [9.17, 15) is 4.79 Å². The molecule has 0 radical (unpaired) electrons. The molecule has 7 heteroatoms. The quantitative estimate of drug-likeness (QED) is 0.715. The highest BCUT2D eigenvalue weighted by molar-refractivity contribution is 5.85. The lowest BCUT2D eigenvalue weighted by molar-refractivity contribution is -0.138. The number of fused-ring (bicyclic) bond motifs is 1. The van der Waals surface area contributed by atoms with Crippen molar-refractivity contribution in [1.82, 2.24) is 19.9 Å². The van der Waals surface area contributed by atoms with Crippen LogP contribution in [0.5, 0.6) is 0 Å². The van der Waals surface area contributed by atoms with Crippen LogP contribution >= 0.6 is 0 Å². The molecule has 0 saturated heterocycles. The summed E-state index contributed by atoms with van der Waals surface area (Å²) in [5.41, 5.74) is 1.15. The van der Waals surface area contributed by atoms with Crippen molar-refractivity contribution < 1.29 is 9.90 Å². The molecule has 0 aliphatic carbocycles. The number of carbonyl (C=O) groups is 1. The number of aliphatic carboxylic acids is 1. The Morgan fingerprint density at radius 2 is 2.33 bits per heavy atom. The molecule has 1 atom stereocenters. The lowest BCUT2D eigenvalue weighted by atomic mass is 10.1. The molecule has 0 fully saturated rings. The van der Waals surface area contributed by atoms with Gasteiger partial charge in [-0.05, 0) is 6.42 Å². The van der Waals surface area contributed by atoms with Crippen LogP contribution in [0.1, 0.15) is 26.2 Å². The number of H-pyrrole nitrogens is 1. The van der Waals surface area contributed by atoms with Crippen LogP contribution in [-0.2, 0) is 4.79 Å². The Morgan fingerprint density at radius 3 is 3.06 bits per heavy atom. The predicted octanol–water partition coefficient (Wildman–Crippen LogP) is 1.41. The van der Waals surface area contributed by atoms with Gasteiger partial charge in [0.05, 0.1) is 6.33 Å². The van der Waals surface area contributed by atoms with Crippen molar-refractivity contribution in [3.05, 3.63) is 12.7 Å². The minimum absolute atomic E-state index is 0.473. The molecule has 0 aromatic carbocycles. The third kappa shape index (κ3) is 2.55. The van der Waals surface area contributed by atoms with E-state index < -0.39 is 12.0 Å². The molecule has 7 nitrogen and oxygen atoms in total. The molecule has 0 spiro atoms. The molecular weight excluding hydrogens is 234 g/mol. The molecular formula is C11H15N5O2. The maximum Gasteiger partial charge on any atom is 0.326 e. The van der Waals surface area contributed by atoms with Gasteiger partial charge in [-0.15, -0.1) is 0 Å². The van der Waals surface area contributed by atoms with Crippen LogP contribution in [0.15, 0.2) is 12.7 Å². The van der Waals surface area contributed by atoms with Crippen LogP contribution in [-0.4, -0.2) is 37.1 Å². The molecule has 2 aromatic rings. The average Bonchev–Trinajstić information content (AvgIpc) is 2.83. The van der Waals surface area contributed by atoms with Gasteiger partial charge in [0.2, 0.25) is 0 Å². The Labute approximate surface area is 104 Å². The number of unbranched alkanes of at least 4 members (excludes halogenated alkanes) is 1. The van der Waals surface area contributed by atoms with Crippen LogP contribution in [0.2, 0.25) is 0 Å². The number of carboxylic acid groups (broad SMARTS) is 1. The first-order chi connectivity index (χ1) is 8.72. The number of nitrogens with zero attached hydrogens (tertiary/aromatic N) is 3. The molecule has 96 valence electrons. The maximum atomic E-state index is 11.2. The van der Waals surface area contributed by atoms with Gasteiger partial charge in [-0.25, -0.2) is 19.7 Å². The van der Waals surface area contributed by atoms with Gasteiger partial charge in [0.1, 0.15) is 17.9 Å². The van der Waals surface area contributed by atoms with Crippen LogP contribution in [0, 0.1) is 0 Å². The highest BCUT2D eigenvalue weighted by Gasteiger charge is 2.18. The van der Waals surface area contributed by atoms with Crippen molar-refractivity contribution in [3.8, 4) is 0 Å². The fourth-order valence-electron chi connectivity index (χ4n) is 1.71. The summed E-state index contributed by atoms with van der Waals surface area (Å²) in [4.78, 5) is 26.1. The summed E-state index contributed by atoms with van der Waals surface area (Å²) < 4.78 is 0. The predicted molar refractivity (Wildman–Crippen MR) is 66.3 cm³/mol. The SMILES string of the molecule is CCCC[C@@H](Nc1ncnc2nc[nH]c12)C(=O)O. The van der Waals surface area contributed by atoms with Gasteiger partial charge in [-0.3, -0.25) is 0 Å². The Hall–Kier alpha value is -2.18. The first-order valence-corrected chi connectivity index (χ1v) is 5.85. The summed E-state index contributed by atoms with van der Waals surface area (Å²) >= 11 is 0. The van der Waals surface area contributed by atoms with Crippen LogP contribution < -0.4 is 5.32 Å². The van der Waals surface area contributed by atoms with Gasteiger partial charge < -0.3 is 15.4 Å². The summed E-state index contributed by atoms with van der Waals surface area (Å²) in [5, 5.41) is 12.1. The van der Waals surface area contributed by atoms with E-state index in [2.05, 4.69) is 25.3 Å². The Bertz CT molecular complexity index is 539. The molecule has 0 amide bonds. The van der Waals surface area contributed by atoms with Gasteiger partial charge in [0.15, 0.2) is 11.5 Å². The molecule has 0 unspecified atom stereocenters. The number of aromatic amines is 1. The van der Waals surface area contributed by atoms with Crippen LogP contribution in [0.3, 0.4) is 0 Å². The van der Waals surface area contributed by atoms with Crippen LogP contribution in [0.25, 0.3) is 11.2 Å². The minimum atomic E-state index is -0.880. The Balaban J connectivity index is 2.20. The van der Waals surface area contributed by atoms with E-state index in [1.54, 1.807) is 0 Å². The van der Waals surface area contributed by atoms with E-state index >= 15 is 0 Å². The number of aromatic nitrogens is 4. The maximum absolute atomic E-state index is 11.2. The number of anilines is 1. The Morgan fingerprint density at radius 1 is 1.50 bits per heavy atom. The lowest BCUT2D eigenvalue weighted by Crippen LogP contribution is -2.29. The van der Waals surface area contributed by atoms with Gasteiger partial charge >= 0.3 is 5.97 Å². The number of hydrogen-bond acceptors (Lipinski definition) is 5. The number of imidazole rings is 1. The summed E-state index contributed by atoms with van der Waals surface area (Å²) in [7, 11) is 0.